The second-order valence-electron chi connectivity index (χ2n) is 7.29. The molecule has 1 aliphatic rings. The third-order valence-corrected chi connectivity index (χ3v) is 4.49. The zero-order valence-electron chi connectivity index (χ0n) is 14.7. The monoisotopic (exact) mass is 363 g/mol. The minimum Gasteiger partial charge on any atom is -0.444 e. The van der Waals surface area contributed by atoms with Crippen molar-refractivity contribution in [2.75, 3.05) is 6.54 Å². The molecule has 7 heteroatoms. The van der Waals surface area contributed by atoms with Gasteiger partial charge in [0.25, 0.3) is 5.56 Å². The van der Waals surface area contributed by atoms with Gasteiger partial charge in [0.2, 0.25) is 0 Å². The van der Waals surface area contributed by atoms with Crippen LogP contribution in [0.15, 0.2) is 29.1 Å². The summed E-state index contributed by atoms with van der Waals surface area (Å²) >= 11 is 6.23. The van der Waals surface area contributed by atoms with Gasteiger partial charge in [-0.15, -0.1) is 0 Å². The van der Waals surface area contributed by atoms with Crippen molar-refractivity contribution in [2.45, 2.75) is 51.8 Å². The third kappa shape index (κ3) is 3.79. The number of hydrogen-bond donors (Lipinski definition) is 0. The quantitative estimate of drug-likeness (QED) is 0.819. The zero-order chi connectivity index (χ0) is 18.2. The number of aromatic nitrogens is 2. The molecule has 0 radical (unpaired) electrons. The van der Waals surface area contributed by atoms with Crippen LogP contribution in [0, 0.1) is 0 Å². The number of fused-ring (bicyclic) bond motifs is 1. The van der Waals surface area contributed by atoms with Crippen LogP contribution in [0.1, 0.15) is 33.6 Å². The van der Waals surface area contributed by atoms with Gasteiger partial charge in [-0.3, -0.25) is 4.79 Å². The van der Waals surface area contributed by atoms with Crippen LogP contribution in [0.25, 0.3) is 10.8 Å². The van der Waals surface area contributed by atoms with Crippen LogP contribution in [-0.4, -0.2) is 39.0 Å². The molecule has 1 aromatic heterocycles. The van der Waals surface area contributed by atoms with E-state index in [1.165, 1.54) is 4.68 Å². The molecule has 2 heterocycles. The van der Waals surface area contributed by atoms with Crippen LogP contribution in [0.4, 0.5) is 4.79 Å². The Bertz CT molecular complexity index is 857. The van der Waals surface area contributed by atoms with Crippen LogP contribution in [-0.2, 0) is 11.3 Å². The van der Waals surface area contributed by atoms with Gasteiger partial charge in [0.15, 0.2) is 5.15 Å². The molecule has 1 aliphatic heterocycles. The van der Waals surface area contributed by atoms with Crippen molar-refractivity contribution >= 4 is 28.5 Å². The number of hydrogen-bond acceptors (Lipinski definition) is 4. The predicted octanol–water partition coefficient (Wildman–Crippen LogP) is 3.45. The molecule has 1 saturated heterocycles. The van der Waals surface area contributed by atoms with E-state index in [9.17, 15) is 9.59 Å². The molecule has 0 unspecified atom stereocenters. The molecule has 0 aliphatic carbocycles. The van der Waals surface area contributed by atoms with Crippen LogP contribution in [0.2, 0.25) is 5.15 Å². The number of halogens is 1. The van der Waals surface area contributed by atoms with Gasteiger partial charge in [0.05, 0.1) is 18.0 Å². The maximum Gasteiger partial charge on any atom is 0.410 e. The highest BCUT2D eigenvalue weighted by Gasteiger charge is 2.32. The first kappa shape index (κ1) is 17.7. The number of carbonyl (C=O) groups is 1. The van der Waals surface area contributed by atoms with Gasteiger partial charge in [0.1, 0.15) is 5.60 Å². The minimum atomic E-state index is -0.550. The maximum atomic E-state index is 12.7. The van der Waals surface area contributed by atoms with Crippen molar-refractivity contribution in [1.29, 1.82) is 0 Å². The Labute approximate surface area is 151 Å². The smallest absolute Gasteiger partial charge is 0.410 e. The van der Waals surface area contributed by atoms with Gasteiger partial charge < -0.3 is 9.64 Å². The summed E-state index contributed by atoms with van der Waals surface area (Å²) in [6, 6.07) is 7.01. The molecule has 1 fully saturated rings. The number of carbonyl (C=O) groups excluding carboxylic acids is 1. The van der Waals surface area contributed by atoms with Gasteiger partial charge in [-0.25, -0.2) is 9.48 Å². The van der Waals surface area contributed by atoms with E-state index >= 15 is 0 Å². The summed E-state index contributed by atoms with van der Waals surface area (Å²) in [6.07, 6.45) is 1.33. The molecule has 1 amide bonds. The highest BCUT2D eigenvalue weighted by molar-refractivity contribution is 6.34. The number of ether oxygens (including phenoxy) is 1. The van der Waals surface area contributed by atoms with Crippen LogP contribution in [0.3, 0.4) is 0 Å². The van der Waals surface area contributed by atoms with E-state index in [1.807, 2.05) is 26.8 Å². The molecule has 1 aromatic carbocycles. The molecular formula is C18H22ClN3O3. The number of rotatable bonds is 2. The second kappa shape index (κ2) is 6.67. The van der Waals surface area contributed by atoms with E-state index in [0.717, 1.165) is 12.8 Å². The minimum absolute atomic E-state index is 0.128. The van der Waals surface area contributed by atoms with E-state index in [-0.39, 0.29) is 22.8 Å². The summed E-state index contributed by atoms with van der Waals surface area (Å²) < 4.78 is 6.83. The maximum absolute atomic E-state index is 12.7. The standard InChI is InChI=1S/C18H22ClN3O3/c1-18(2,3)25-17(24)21-10-6-7-12(21)11-22-16(23)14-9-5-4-8-13(14)15(19)20-22/h4-5,8-9,12H,6-7,10-11H2,1-3H3/t12-/m1/s1. The Morgan fingerprint density at radius 1 is 1.32 bits per heavy atom. The highest BCUT2D eigenvalue weighted by atomic mass is 35.5. The molecule has 2 aromatic rings. The fraction of sp³-hybridized carbons (Fsp3) is 0.500. The van der Waals surface area contributed by atoms with Gasteiger partial charge in [-0.05, 0) is 39.7 Å². The SMILES string of the molecule is CC(C)(C)OC(=O)N1CCC[C@@H]1Cn1nc(Cl)c2ccccc2c1=O. The van der Waals surface area contributed by atoms with E-state index in [0.29, 0.717) is 23.9 Å². The number of likely N-dealkylation sites (tertiary alicyclic amines) is 1. The van der Waals surface area contributed by atoms with Gasteiger partial charge in [0, 0.05) is 11.9 Å². The van der Waals surface area contributed by atoms with Crippen molar-refractivity contribution in [1.82, 2.24) is 14.7 Å². The Balaban J connectivity index is 1.87. The molecule has 0 bridgehead atoms. The average Bonchev–Trinajstić information content (AvgIpc) is 2.99. The first-order chi connectivity index (χ1) is 11.8. The van der Waals surface area contributed by atoms with Gasteiger partial charge >= 0.3 is 6.09 Å². The van der Waals surface area contributed by atoms with E-state index < -0.39 is 5.60 Å². The summed E-state index contributed by atoms with van der Waals surface area (Å²) in [5.41, 5.74) is -0.748. The van der Waals surface area contributed by atoms with Crippen molar-refractivity contribution in [3.8, 4) is 0 Å². The van der Waals surface area contributed by atoms with Gasteiger partial charge in [-0.2, -0.15) is 5.10 Å². The molecule has 1 atom stereocenters. The second-order valence-corrected chi connectivity index (χ2v) is 7.65. The Morgan fingerprint density at radius 3 is 2.68 bits per heavy atom. The van der Waals surface area contributed by atoms with Crippen LogP contribution >= 0.6 is 11.6 Å². The summed E-state index contributed by atoms with van der Waals surface area (Å²) in [5.74, 6) is 0. The molecule has 0 saturated carbocycles. The lowest BCUT2D eigenvalue weighted by molar-refractivity contribution is 0.0210. The molecule has 6 nitrogen and oxygen atoms in total. The molecule has 134 valence electrons. The fourth-order valence-electron chi connectivity index (χ4n) is 3.10. The zero-order valence-corrected chi connectivity index (χ0v) is 15.4. The van der Waals surface area contributed by atoms with Crippen LogP contribution < -0.4 is 5.56 Å². The lowest BCUT2D eigenvalue weighted by atomic mass is 10.2. The van der Waals surface area contributed by atoms with E-state index in [2.05, 4.69) is 5.10 Å². The largest absolute Gasteiger partial charge is 0.444 e. The Morgan fingerprint density at radius 2 is 2.00 bits per heavy atom. The summed E-state index contributed by atoms with van der Waals surface area (Å²) in [6.45, 7) is 6.44. The average molecular weight is 364 g/mol. The summed E-state index contributed by atoms with van der Waals surface area (Å²) in [7, 11) is 0. The van der Waals surface area contributed by atoms with Crippen molar-refractivity contribution in [2.24, 2.45) is 0 Å². The normalized spacial score (nSPS) is 17.9. The number of amides is 1. The highest BCUT2D eigenvalue weighted by Crippen LogP contribution is 2.23. The molecule has 0 spiro atoms. The van der Waals surface area contributed by atoms with E-state index in [4.69, 9.17) is 16.3 Å². The predicted molar refractivity (Wildman–Crippen MR) is 97.0 cm³/mol. The first-order valence-electron chi connectivity index (χ1n) is 8.41. The summed E-state index contributed by atoms with van der Waals surface area (Å²) in [4.78, 5) is 26.8. The number of benzene rings is 1. The molecule has 0 N–H and O–H groups in total. The third-order valence-electron chi connectivity index (χ3n) is 4.21. The molecular weight excluding hydrogens is 342 g/mol. The van der Waals surface area contributed by atoms with Crippen molar-refractivity contribution in [3.63, 3.8) is 0 Å². The molecule has 25 heavy (non-hydrogen) atoms. The molecule has 3 rings (SSSR count). The van der Waals surface area contributed by atoms with Crippen LogP contribution in [0.5, 0.6) is 0 Å². The van der Waals surface area contributed by atoms with Crippen molar-refractivity contribution in [3.05, 3.63) is 39.8 Å². The van der Waals surface area contributed by atoms with E-state index in [1.54, 1.807) is 23.1 Å². The first-order valence-corrected chi connectivity index (χ1v) is 8.79. The number of nitrogens with zero attached hydrogens (tertiary/aromatic N) is 3. The lowest BCUT2D eigenvalue weighted by Crippen LogP contribution is -2.43. The lowest BCUT2D eigenvalue weighted by Gasteiger charge is -2.28. The topological polar surface area (TPSA) is 64.4 Å². The summed E-state index contributed by atoms with van der Waals surface area (Å²) in [5, 5.41) is 5.68. The Hall–Kier alpha value is -2.08. The Kier molecular flexibility index (Phi) is 4.73. The fourth-order valence-corrected chi connectivity index (χ4v) is 3.36. The van der Waals surface area contributed by atoms with Crippen molar-refractivity contribution < 1.29 is 9.53 Å². The van der Waals surface area contributed by atoms with Gasteiger partial charge in [-0.1, -0.05) is 29.8 Å².